The summed E-state index contributed by atoms with van der Waals surface area (Å²) in [4.78, 5) is 10.8. The van der Waals surface area contributed by atoms with E-state index in [1.807, 2.05) is 0 Å². The van der Waals surface area contributed by atoms with Crippen LogP contribution >= 0.6 is 12.6 Å². The molecule has 2 aromatic rings. The maximum absolute atomic E-state index is 10.8. The van der Waals surface area contributed by atoms with Crippen LogP contribution in [0.1, 0.15) is 0 Å². The van der Waals surface area contributed by atoms with Gasteiger partial charge in [0.25, 0.3) is 0 Å². The number of benzene rings is 1. The van der Waals surface area contributed by atoms with Gasteiger partial charge < -0.3 is 11.1 Å². The molecule has 16 heavy (non-hydrogen) atoms. The highest BCUT2D eigenvalue weighted by Gasteiger charge is 2.09. The van der Waals surface area contributed by atoms with Crippen molar-refractivity contribution in [2.75, 3.05) is 5.32 Å². The SMILES string of the molecule is NC(=O)Nc1ccccc1-n1nnnc1S. The second-order valence-electron chi connectivity index (χ2n) is 2.90. The first-order valence-corrected chi connectivity index (χ1v) is 4.76. The molecule has 82 valence electrons. The van der Waals surface area contributed by atoms with Gasteiger partial charge in [-0.05, 0) is 22.6 Å². The maximum Gasteiger partial charge on any atom is 0.316 e. The number of primary amides is 1. The summed E-state index contributed by atoms with van der Waals surface area (Å²) in [6.45, 7) is 0. The highest BCUT2D eigenvalue weighted by atomic mass is 32.1. The third kappa shape index (κ3) is 1.96. The lowest BCUT2D eigenvalue weighted by molar-refractivity contribution is 0.259. The molecule has 0 aliphatic heterocycles. The summed E-state index contributed by atoms with van der Waals surface area (Å²) in [5, 5.41) is 13.6. The Labute approximate surface area is 96.0 Å². The second kappa shape index (κ2) is 4.19. The molecule has 0 saturated heterocycles. The van der Waals surface area contributed by atoms with Gasteiger partial charge in [-0.1, -0.05) is 12.1 Å². The van der Waals surface area contributed by atoms with Crippen molar-refractivity contribution in [2.45, 2.75) is 5.16 Å². The van der Waals surface area contributed by atoms with Gasteiger partial charge in [-0.25, -0.2) is 4.79 Å². The Bertz CT molecular complexity index is 525. The van der Waals surface area contributed by atoms with Gasteiger partial charge in [0.1, 0.15) is 0 Å². The molecule has 0 bridgehead atoms. The lowest BCUT2D eigenvalue weighted by atomic mass is 10.2. The number of hydrogen-bond donors (Lipinski definition) is 3. The minimum absolute atomic E-state index is 0.318. The van der Waals surface area contributed by atoms with Crippen molar-refractivity contribution >= 4 is 24.3 Å². The van der Waals surface area contributed by atoms with Gasteiger partial charge in [0.05, 0.1) is 11.4 Å². The van der Waals surface area contributed by atoms with Gasteiger partial charge in [-0.2, -0.15) is 4.68 Å². The average molecular weight is 236 g/mol. The predicted octanol–water partition coefficient (Wildman–Crippen LogP) is 0.442. The summed E-state index contributed by atoms with van der Waals surface area (Å²) in [5.41, 5.74) is 6.16. The molecule has 2 amide bonds. The Hall–Kier alpha value is -2.09. The Morgan fingerprint density at radius 3 is 2.81 bits per heavy atom. The summed E-state index contributed by atoms with van der Waals surface area (Å²) < 4.78 is 1.38. The minimum atomic E-state index is -0.652. The van der Waals surface area contributed by atoms with Crippen LogP contribution in [0, 0.1) is 0 Å². The van der Waals surface area contributed by atoms with Crippen LogP contribution in [-0.4, -0.2) is 26.2 Å². The maximum atomic E-state index is 10.8. The van der Waals surface area contributed by atoms with Crippen LogP contribution in [0.25, 0.3) is 5.69 Å². The van der Waals surface area contributed by atoms with E-state index >= 15 is 0 Å². The van der Waals surface area contributed by atoms with Crippen molar-refractivity contribution in [2.24, 2.45) is 5.73 Å². The van der Waals surface area contributed by atoms with E-state index in [2.05, 4.69) is 33.5 Å². The molecule has 0 saturated carbocycles. The van der Waals surface area contributed by atoms with Crippen LogP contribution in [0.15, 0.2) is 29.4 Å². The molecule has 2 rings (SSSR count). The number of carbonyl (C=O) groups excluding carboxylic acids is 1. The van der Waals surface area contributed by atoms with E-state index < -0.39 is 6.03 Å². The first-order chi connectivity index (χ1) is 7.68. The molecule has 0 unspecified atom stereocenters. The number of rotatable bonds is 2. The lowest BCUT2D eigenvalue weighted by Crippen LogP contribution is -2.20. The Balaban J connectivity index is 2.48. The van der Waals surface area contributed by atoms with Crippen molar-refractivity contribution in [1.29, 1.82) is 0 Å². The van der Waals surface area contributed by atoms with Gasteiger partial charge in [-0.3, -0.25) is 0 Å². The number of thiol groups is 1. The van der Waals surface area contributed by atoms with Gasteiger partial charge in [-0.15, -0.1) is 17.7 Å². The van der Waals surface area contributed by atoms with Crippen molar-refractivity contribution in [3.05, 3.63) is 24.3 Å². The molecule has 3 N–H and O–H groups in total. The third-order valence-electron chi connectivity index (χ3n) is 1.84. The number of anilines is 1. The van der Waals surface area contributed by atoms with E-state index in [0.717, 1.165) is 0 Å². The van der Waals surface area contributed by atoms with Crippen LogP contribution in [0.5, 0.6) is 0 Å². The standard InChI is InChI=1S/C8H8N6OS/c9-7(15)10-5-3-1-2-4-6(5)14-8(16)11-12-13-14/h1-4H,(H3,9,10,15)(H,11,13,16). The number of para-hydroxylation sites is 2. The zero-order chi connectivity index (χ0) is 11.5. The smallest absolute Gasteiger partial charge is 0.316 e. The van der Waals surface area contributed by atoms with E-state index in [1.54, 1.807) is 24.3 Å². The highest BCUT2D eigenvalue weighted by molar-refractivity contribution is 7.80. The van der Waals surface area contributed by atoms with E-state index in [9.17, 15) is 4.79 Å². The van der Waals surface area contributed by atoms with Crippen molar-refractivity contribution in [3.8, 4) is 5.69 Å². The fourth-order valence-electron chi connectivity index (χ4n) is 1.24. The molecule has 7 nitrogen and oxygen atoms in total. The second-order valence-corrected chi connectivity index (χ2v) is 3.30. The summed E-state index contributed by atoms with van der Waals surface area (Å²) in [5.74, 6) is 0. The van der Waals surface area contributed by atoms with Gasteiger partial charge in [0.2, 0.25) is 5.16 Å². The van der Waals surface area contributed by atoms with E-state index in [-0.39, 0.29) is 0 Å². The van der Waals surface area contributed by atoms with Crippen LogP contribution in [-0.2, 0) is 0 Å². The average Bonchev–Trinajstić information content (AvgIpc) is 2.64. The van der Waals surface area contributed by atoms with Crippen molar-refractivity contribution < 1.29 is 4.79 Å². The van der Waals surface area contributed by atoms with Crippen molar-refractivity contribution in [1.82, 2.24) is 20.2 Å². The number of nitrogens with two attached hydrogens (primary N) is 1. The summed E-state index contributed by atoms with van der Waals surface area (Å²) >= 11 is 4.08. The molecule has 1 aromatic carbocycles. The number of urea groups is 1. The predicted molar refractivity (Wildman–Crippen MR) is 59.6 cm³/mol. The van der Waals surface area contributed by atoms with E-state index in [4.69, 9.17) is 5.73 Å². The number of hydrogen-bond acceptors (Lipinski definition) is 5. The number of nitrogens with one attached hydrogen (secondary N) is 1. The van der Waals surface area contributed by atoms with Crippen LogP contribution in [0.3, 0.4) is 0 Å². The molecule has 1 aromatic heterocycles. The minimum Gasteiger partial charge on any atom is -0.351 e. The number of aromatic nitrogens is 4. The van der Waals surface area contributed by atoms with Crippen LogP contribution < -0.4 is 11.1 Å². The molecule has 0 radical (unpaired) electrons. The molecule has 0 aliphatic rings. The summed E-state index contributed by atoms with van der Waals surface area (Å²) in [6.07, 6.45) is 0. The molecule has 0 fully saturated rings. The third-order valence-corrected chi connectivity index (χ3v) is 2.12. The monoisotopic (exact) mass is 236 g/mol. The summed E-state index contributed by atoms with van der Waals surface area (Å²) in [6, 6.07) is 6.32. The Morgan fingerprint density at radius 2 is 2.19 bits per heavy atom. The number of carbonyl (C=O) groups is 1. The zero-order valence-corrected chi connectivity index (χ0v) is 8.93. The normalized spacial score (nSPS) is 10.1. The fraction of sp³-hybridized carbons (Fsp3) is 0. The zero-order valence-electron chi connectivity index (χ0n) is 8.03. The fourth-order valence-corrected chi connectivity index (χ4v) is 1.42. The molecular formula is C8H8N6OS. The molecule has 0 atom stereocenters. The van der Waals surface area contributed by atoms with E-state index in [1.165, 1.54) is 4.68 Å². The lowest BCUT2D eigenvalue weighted by Gasteiger charge is -2.08. The molecule has 8 heteroatoms. The number of amides is 2. The first-order valence-electron chi connectivity index (χ1n) is 4.31. The van der Waals surface area contributed by atoms with Gasteiger partial charge in [0.15, 0.2) is 0 Å². The summed E-state index contributed by atoms with van der Waals surface area (Å²) in [7, 11) is 0. The topological polar surface area (TPSA) is 98.7 Å². The number of nitrogens with zero attached hydrogens (tertiary/aromatic N) is 4. The Morgan fingerprint density at radius 1 is 1.44 bits per heavy atom. The van der Waals surface area contributed by atoms with Gasteiger partial charge >= 0.3 is 6.03 Å². The van der Waals surface area contributed by atoms with Crippen LogP contribution in [0.4, 0.5) is 10.5 Å². The molecular weight excluding hydrogens is 228 g/mol. The quantitative estimate of drug-likeness (QED) is 0.659. The van der Waals surface area contributed by atoms with E-state index in [0.29, 0.717) is 16.5 Å². The largest absolute Gasteiger partial charge is 0.351 e. The molecule has 0 spiro atoms. The first kappa shape index (κ1) is 10.4. The Kier molecular flexibility index (Phi) is 2.73. The molecule has 1 heterocycles. The van der Waals surface area contributed by atoms with Gasteiger partial charge in [0, 0.05) is 0 Å². The highest BCUT2D eigenvalue weighted by Crippen LogP contribution is 2.20. The molecule has 0 aliphatic carbocycles. The van der Waals surface area contributed by atoms with Crippen molar-refractivity contribution in [3.63, 3.8) is 0 Å². The number of tetrazole rings is 1. The van der Waals surface area contributed by atoms with Crippen LogP contribution in [0.2, 0.25) is 0 Å².